The predicted octanol–water partition coefficient (Wildman–Crippen LogP) is 0.603. The molecule has 100 valence electrons. The fraction of sp³-hybridized carbons (Fsp3) is 0.500. The van der Waals surface area contributed by atoms with Crippen molar-refractivity contribution >= 4 is 15.7 Å². The Kier molecular flexibility index (Phi) is 3.89. The number of nitrogen functional groups attached to an aromatic ring is 1. The zero-order valence-electron chi connectivity index (χ0n) is 10.4. The molecule has 1 aliphatic heterocycles. The summed E-state index contributed by atoms with van der Waals surface area (Å²) in [5.74, 6) is 0.0289. The Morgan fingerprint density at radius 2 is 2.17 bits per heavy atom. The maximum absolute atomic E-state index is 12.1. The Bertz CT molecular complexity index is 528. The molecule has 1 aliphatic rings. The van der Waals surface area contributed by atoms with Crippen molar-refractivity contribution in [2.45, 2.75) is 13.0 Å². The molecular formula is C12H18N2O3S. The molecule has 0 fully saturated rings. The Labute approximate surface area is 108 Å². The van der Waals surface area contributed by atoms with Gasteiger partial charge in [0.2, 0.25) is 10.0 Å². The molecule has 0 saturated heterocycles. The minimum atomic E-state index is -3.23. The van der Waals surface area contributed by atoms with Gasteiger partial charge in [0.1, 0.15) is 0 Å². The van der Waals surface area contributed by atoms with Crippen molar-refractivity contribution in [2.24, 2.45) is 0 Å². The summed E-state index contributed by atoms with van der Waals surface area (Å²) in [6.07, 6.45) is 0.738. The minimum absolute atomic E-state index is 0.0289. The van der Waals surface area contributed by atoms with Gasteiger partial charge in [0.25, 0.3) is 0 Å². The molecule has 0 aliphatic carbocycles. The molecule has 0 saturated carbocycles. The first-order valence-electron chi connectivity index (χ1n) is 5.87. The van der Waals surface area contributed by atoms with Crippen LogP contribution in [0.5, 0.6) is 0 Å². The summed E-state index contributed by atoms with van der Waals surface area (Å²) < 4.78 is 30.4. The lowest BCUT2D eigenvalue weighted by atomic mass is 10.0. The van der Waals surface area contributed by atoms with E-state index in [-0.39, 0.29) is 12.4 Å². The van der Waals surface area contributed by atoms with Crippen molar-refractivity contribution in [3.63, 3.8) is 0 Å². The quantitative estimate of drug-likeness (QED) is 0.813. The van der Waals surface area contributed by atoms with Gasteiger partial charge in [-0.15, -0.1) is 0 Å². The van der Waals surface area contributed by atoms with Gasteiger partial charge in [0.15, 0.2) is 0 Å². The van der Waals surface area contributed by atoms with Crippen LogP contribution in [0.15, 0.2) is 18.2 Å². The monoisotopic (exact) mass is 270 g/mol. The number of rotatable bonds is 4. The highest BCUT2D eigenvalue weighted by atomic mass is 32.2. The van der Waals surface area contributed by atoms with Crippen molar-refractivity contribution in [3.05, 3.63) is 29.3 Å². The molecule has 0 aromatic heterocycles. The Balaban J connectivity index is 2.16. The zero-order chi connectivity index (χ0) is 13.2. The van der Waals surface area contributed by atoms with E-state index >= 15 is 0 Å². The van der Waals surface area contributed by atoms with Crippen LogP contribution in [0.4, 0.5) is 5.69 Å². The van der Waals surface area contributed by atoms with Gasteiger partial charge >= 0.3 is 0 Å². The SMILES string of the molecule is COCCS(=O)(=O)N1CCc2ccc(N)cc2C1. The number of hydrogen-bond donors (Lipinski definition) is 1. The van der Waals surface area contributed by atoms with Gasteiger partial charge in [-0.1, -0.05) is 6.07 Å². The van der Waals surface area contributed by atoms with E-state index in [0.717, 1.165) is 12.0 Å². The molecular weight excluding hydrogens is 252 g/mol. The number of hydrogen-bond acceptors (Lipinski definition) is 4. The summed E-state index contributed by atoms with van der Waals surface area (Å²) in [6.45, 7) is 1.16. The van der Waals surface area contributed by atoms with E-state index in [0.29, 0.717) is 18.8 Å². The zero-order valence-corrected chi connectivity index (χ0v) is 11.2. The van der Waals surface area contributed by atoms with Crippen molar-refractivity contribution in [3.8, 4) is 0 Å². The van der Waals surface area contributed by atoms with Crippen LogP contribution < -0.4 is 5.73 Å². The van der Waals surface area contributed by atoms with E-state index in [4.69, 9.17) is 10.5 Å². The van der Waals surface area contributed by atoms with E-state index in [9.17, 15) is 8.42 Å². The van der Waals surface area contributed by atoms with Gasteiger partial charge in [0, 0.05) is 25.9 Å². The highest BCUT2D eigenvalue weighted by Crippen LogP contribution is 2.23. The molecule has 5 nitrogen and oxygen atoms in total. The molecule has 2 N–H and O–H groups in total. The third-order valence-corrected chi connectivity index (χ3v) is 4.93. The van der Waals surface area contributed by atoms with Crippen LogP contribution in [0.25, 0.3) is 0 Å². The lowest BCUT2D eigenvalue weighted by Crippen LogP contribution is -2.38. The lowest BCUT2D eigenvalue weighted by Gasteiger charge is -2.28. The molecule has 6 heteroatoms. The van der Waals surface area contributed by atoms with Crippen molar-refractivity contribution in [1.82, 2.24) is 4.31 Å². The van der Waals surface area contributed by atoms with Gasteiger partial charge in [0.05, 0.1) is 12.4 Å². The molecule has 1 aromatic rings. The Morgan fingerprint density at radius 3 is 2.89 bits per heavy atom. The second kappa shape index (κ2) is 5.26. The maximum atomic E-state index is 12.1. The average Bonchev–Trinajstić information content (AvgIpc) is 2.35. The molecule has 0 amide bonds. The maximum Gasteiger partial charge on any atom is 0.216 e. The van der Waals surface area contributed by atoms with Crippen molar-refractivity contribution in [1.29, 1.82) is 0 Å². The molecule has 2 rings (SSSR count). The molecule has 1 aromatic carbocycles. The third-order valence-electron chi connectivity index (χ3n) is 3.15. The van der Waals surface area contributed by atoms with Gasteiger partial charge in [-0.2, -0.15) is 4.31 Å². The predicted molar refractivity (Wildman–Crippen MR) is 70.6 cm³/mol. The van der Waals surface area contributed by atoms with Crippen LogP contribution in [-0.2, 0) is 27.7 Å². The minimum Gasteiger partial charge on any atom is -0.399 e. The van der Waals surface area contributed by atoms with Crippen molar-refractivity contribution in [2.75, 3.05) is 31.7 Å². The molecule has 0 radical (unpaired) electrons. The molecule has 1 heterocycles. The number of ether oxygens (including phenoxy) is 1. The van der Waals surface area contributed by atoms with Crippen LogP contribution in [0.2, 0.25) is 0 Å². The number of fused-ring (bicyclic) bond motifs is 1. The van der Waals surface area contributed by atoms with E-state index < -0.39 is 10.0 Å². The van der Waals surface area contributed by atoms with Gasteiger partial charge in [-0.05, 0) is 29.7 Å². The highest BCUT2D eigenvalue weighted by molar-refractivity contribution is 7.89. The smallest absolute Gasteiger partial charge is 0.216 e. The van der Waals surface area contributed by atoms with E-state index in [2.05, 4.69) is 0 Å². The number of nitrogens with two attached hydrogens (primary N) is 1. The molecule has 0 unspecified atom stereocenters. The average molecular weight is 270 g/mol. The molecule has 18 heavy (non-hydrogen) atoms. The van der Waals surface area contributed by atoms with Gasteiger partial charge in [-0.25, -0.2) is 8.42 Å². The first-order valence-corrected chi connectivity index (χ1v) is 7.48. The molecule has 0 spiro atoms. The summed E-state index contributed by atoms with van der Waals surface area (Å²) >= 11 is 0. The standard InChI is InChI=1S/C12H18N2O3S/c1-17-6-7-18(15,16)14-5-4-10-2-3-12(13)8-11(10)9-14/h2-3,8H,4-7,9,13H2,1H3. The number of anilines is 1. The normalized spacial score (nSPS) is 16.5. The summed E-state index contributed by atoms with van der Waals surface area (Å²) in [5.41, 5.74) is 8.58. The molecule has 0 bridgehead atoms. The Hall–Kier alpha value is -1.11. The summed E-state index contributed by atoms with van der Waals surface area (Å²) in [5, 5.41) is 0. The second-order valence-corrected chi connectivity index (χ2v) is 6.51. The number of nitrogens with zero attached hydrogens (tertiary/aromatic N) is 1. The Morgan fingerprint density at radius 1 is 1.39 bits per heavy atom. The largest absolute Gasteiger partial charge is 0.399 e. The van der Waals surface area contributed by atoms with Crippen LogP contribution in [0.3, 0.4) is 0 Å². The number of sulfonamides is 1. The van der Waals surface area contributed by atoms with Crippen LogP contribution in [-0.4, -0.2) is 38.7 Å². The topological polar surface area (TPSA) is 72.6 Å². The van der Waals surface area contributed by atoms with E-state index in [1.807, 2.05) is 18.2 Å². The van der Waals surface area contributed by atoms with Crippen LogP contribution >= 0.6 is 0 Å². The first kappa shape index (κ1) is 13.3. The van der Waals surface area contributed by atoms with Gasteiger partial charge in [-0.3, -0.25) is 0 Å². The number of methoxy groups -OCH3 is 1. The lowest BCUT2D eigenvalue weighted by molar-refractivity contribution is 0.215. The van der Waals surface area contributed by atoms with Gasteiger partial charge < -0.3 is 10.5 Å². The third kappa shape index (κ3) is 2.82. The van der Waals surface area contributed by atoms with Crippen LogP contribution in [0.1, 0.15) is 11.1 Å². The van der Waals surface area contributed by atoms with E-state index in [1.165, 1.54) is 17.0 Å². The summed E-state index contributed by atoms with van der Waals surface area (Å²) in [7, 11) is -1.73. The van der Waals surface area contributed by atoms with Crippen LogP contribution in [0, 0.1) is 0 Å². The number of benzene rings is 1. The summed E-state index contributed by atoms with van der Waals surface area (Å²) in [6, 6.07) is 5.69. The second-order valence-electron chi connectivity index (χ2n) is 4.42. The highest BCUT2D eigenvalue weighted by Gasteiger charge is 2.26. The van der Waals surface area contributed by atoms with Crippen molar-refractivity contribution < 1.29 is 13.2 Å². The molecule has 0 atom stereocenters. The summed E-state index contributed by atoms with van der Waals surface area (Å²) in [4.78, 5) is 0. The fourth-order valence-corrected chi connectivity index (χ4v) is 3.45. The van der Waals surface area contributed by atoms with E-state index in [1.54, 1.807) is 0 Å². The first-order chi connectivity index (χ1) is 8.53. The fourth-order valence-electron chi connectivity index (χ4n) is 2.11.